The standard InChI is InChI=1S/C20H22ClN3OS/c1-15(16-7-3-2-4-8-16)23-11-13-24(14-12-23)20(26)22-19(25)17-9-5-6-10-18(17)21/h2-10,15H,11-14H2,1H3,(H,22,25,26). The molecule has 26 heavy (non-hydrogen) atoms. The molecule has 1 heterocycles. The second kappa shape index (κ2) is 8.62. The molecule has 2 aromatic carbocycles. The van der Waals surface area contributed by atoms with Gasteiger partial charge < -0.3 is 4.90 Å². The van der Waals surface area contributed by atoms with Gasteiger partial charge in [0, 0.05) is 32.2 Å². The number of piperazine rings is 1. The number of carbonyl (C=O) groups excluding carboxylic acids is 1. The number of thiocarbonyl (C=S) groups is 1. The maximum absolute atomic E-state index is 12.4. The van der Waals surface area contributed by atoms with E-state index in [0.29, 0.717) is 21.7 Å². The van der Waals surface area contributed by atoms with Crippen LogP contribution in [0.2, 0.25) is 5.02 Å². The van der Waals surface area contributed by atoms with Gasteiger partial charge in [-0.25, -0.2) is 0 Å². The Morgan fingerprint density at radius 3 is 2.31 bits per heavy atom. The highest BCUT2D eigenvalue weighted by molar-refractivity contribution is 7.80. The first-order valence-electron chi connectivity index (χ1n) is 8.70. The Labute approximate surface area is 164 Å². The van der Waals surface area contributed by atoms with Crippen LogP contribution in [0, 0.1) is 0 Å². The second-order valence-electron chi connectivity index (χ2n) is 6.35. The molecule has 0 radical (unpaired) electrons. The Morgan fingerprint density at radius 2 is 1.65 bits per heavy atom. The SMILES string of the molecule is CC(c1ccccc1)N1CCN(C(=S)NC(=O)c2ccccc2Cl)CC1. The number of amides is 1. The third kappa shape index (κ3) is 4.41. The number of carbonyl (C=O) groups is 1. The molecule has 1 atom stereocenters. The summed E-state index contributed by atoms with van der Waals surface area (Å²) < 4.78 is 0. The molecule has 0 bridgehead atoms. The molecule has 1 amide bonds. The summed E-state index contributed by atoms with van der Waals surface area (Å²) in [6.45, 7) is 5.61. The second-order valence-corrected chi connectivity index (χ2v) is 7.14. The van der Waals surface area contributed by atoms with Crippen LogP contribution >= 0.6 is 23.8 Å². The van der Waals surface area contributed by atoms with E-state index in [-0.39, 0.29) is 5.91 Å². The third-order valence-electron chi connectivity index (χ3n) is 4.77. The van der Waals surface area contributed by atoms with Crippen LogP contribution in [-0.2, 0) is 0 Å². The molecule has 1 N–H and O–H groups in total. The van der Waals surface area contributed by atoms with Crippen LogP contribution in [0.1, 0.15) is 28.9 Å². The first-order valence-corrected chi connectivity index (χ1v) is 9.48. The number of hydrogen-bond acceptors (Lipinski definition) is 3. The molecule has 1 aliphatic heterocycles. The maximum Gasteiger partial charge on any atom is 0.258 e. The summed E-state index contributed by atoms with van der Waals surface area (Å²) in [5.74, 6) is -0.263. The Balaban J connectivity index is 1.54. The highest BCUT2D eigenvalue weighted by atomic mass is 35.5. The minimum atomic E-state index is -0.263. The molecule has 0 spiro atoms. The summed E-state index contributed by atoms with van der Waals surface area (Å²) in [7, 11) is 0. The van der Waals surface area contributed by atoms with Crippen LogP contribution in [0.4, 0.5) is 0 Å². The number of benzene rings is 2. The van der Waals surface area contributed by atoms with E-state index in [1.54, 1.807) is 24.3 Å². The van der Waals surface area contributed by atoms with Gasteiger partial charge in [-0.2, -0.15) is 0 Å². The summed E-state index contributed by atoms with van der Waals surface area (Å²) in [4.78, 5) is 16.8. The number of nitrogens with zero attached hydrogens (tertiary/aromatic N) is 2. The van der Waals surface area contributed by atoms with Gasteiger partial charge in [-0.1, -0.05) is 54.1 Å². The van der Waals surface area contributed by atoms with E-state index in [0.717, 1.165) is 26.2 Å². The lowest BCUT2D eigenvalue weighted by molar-refractivity contribution is 0.0965. The summed E-state index contributed by atoms with van der Waals surface area (Å²) in [5, 5.41) is 3.68. The molecule has 1 aliphatic rings. The molecule has 3 rings (SSSR count). The van der Waals surface area contributed by atoms with Gasteiger partial charge in [0.1, 0.15) is 0 Å². The minimum absolute atomic E-state index is 0.263. The van der Waals surface area contributed by atoms with E-state index in [9.17, 15) is 4.79 Å². The van der Waals surface area contributed by atoms with E-state index >= 15 is 0 Å². The molecule has 136 valence electrons. The van der Waals surface area contributed by atoms with Crippen LogP contribution in [-0.4, -0.2) is 47.0 Å². The molecule has 1 saturated heterocycles. The average molecular weight is 388 g/mol. The Morgan fingerprint density at radius 1 is 1.04 bits per heavy atom. The number of hydrogen-bond donors (Lipinski definition) is 1. The van der Waals surface area contributed by atoms with Crippen molar-refractivity contribution in [3.63, 3.8) is 0 Å². The lowest BCUT2D eigenvalue weighted by Crippen LogP contribution is -2.53. The molecule has 2 aromatic rings. The van der Waals surface area contributed by atoms with Crippen molar-refractivity contribution < 1.29 is 4.79 Å². The first kappa shape index (κ1) is 18.8. The Bertz CT molecular complexity index is 776. The molecular formula is C20H22ClN3OS. The lowest BCUT2D eigenvalue weighted by Gasteiger charge is -2.39. The van der Waals surface area contributed by atoms with E-state index in [1.807, 2.05) is 11.0 Å². The van der Waals surface area contributed by atoms with E-state index in [1.165, 1.54) is 5.56 Å². The van der Waals surface area contributed by atoms with Crippen LogP contribution in [0.25, 0.3) is 0 Å². The zero-order valence-corrected chi connectivity index (χ0v) is 16.3. The van der Waals surface area contributed by atoms with Crippen LogP contribution in [0.3, 0.4) is 0 Å². The van der Waals surface area contributed by atoms with Gasteiger partial charge in [-0.3, -0.25) is 15.0 Å². The van der Waals surface area contributed by atoms with Gasteiger partial charge in [0.05, 0.1) is 10.6 Å². The molecule has 1 fully saturated rings. The first-order chi connectivity index (χ1) is 12.6. The molecular weight excluding hydrogens is 366 g/mol. The van der Waals surface area contributed by atoms with Gasteiger partial charge in [0.15, 0.2) is 5.11 Å². The largest absolute Gasteiger partial charge is 0.346 e. The number of rotatable bonds is 3. The van der Waals surface area contributed by atoms with Crippen molar-refractivity contribution in [2.24, 2.45) is 0 Å². The molecule has 0 aromatic heterocycles. The normalized spacial score (nSPS) is 16.2. The van der Waals surface area contributed by atoms with Crippen LogP contribution in [0.15, 0.2) is 54.6 Å². The summed E-state index contributed by atoms with van der Waals surface area (Å²) in [5.41, 5.74) is 1.75. The van der Waals surface area contributed by atoms with Crippen molar-refractivity contribution in [1.82, 2.24) is 15.1 Å². The molecule has 6 heteroatoms. The van der Waals surface area contributed by atoms with E-state index < -0.39 is 0 Å². The predicted octanol–water partition coefficient (Wildman–Crippen LogP) is 3.73. The van der Waals surface area contributed by atoms with Crippen molar-refractivity contribution >= 4 is 34.8 Å². The summed E-state index contributed by atoms with van der Waals surface area (Å²) >= 11 is 11.5. The highest BCUT2D eigenvalue weighted by Crippen LogP contribution is 2.21. The third-order valence-corrected chi connectivity index (χ3v) is 5.46. The van der Waals surface area contributed by atoms with Crippen molar-refractivity contribution in [1.29, 1.82) is 0 Å². The lowest BCUT2D eigenvalue weighted by atomic mass is 10.1. The van der Waals surface area contributed by atoms with E-state index in [4.69, 9.17) is 23.8 Å². The van der Waals surface area contributed by atoms with Crippen molar-refractivity contribution in [3.05, 3.63) is 70.7 Å². The Kier molecular flexibility index (Phi) is 6.25. The molecule has 0 aliphatic carbocycles. The van der Waals surface area contributed by atoms with Gasteiger partial charge >= 0.3 is 0 Å². The smallest absolute Gasteiger partial charge is 0.258 e. The minimum Gasteiger partial charge on any atom is -0.346 e. The zero-order valence-electron chi connectivity index (χ0n) is 14.7. The van der Waals surface area contributed by atoms with Crippen molar-refractivity contribution in [2.45, 2.75) is 13.0 Å². The fourth-order valence-corrected chi connectivity index (χ4v) is 3.64. The van der Waals surface area contributed by atoms with Crippen molar-refractivity contribution in [3.8, 4) is 0 Å². The molecule has 1 unspecified atom stereocenters. The monoisotopic (exact) mass is 387 g/mol. The number of nitrogens with one attached hydrogen (secondary N) is 1. The predicted molar refractivity (Wildman–Crippen MR) is 110 cm³/mol. The van der Waals surface area contributed by atoms with Crippen molar-refractivity contribution in [2.75, 3.05) is 26.2 Å². The molecule has 4 nitrogen and oxygen atoms in total. The fourth-order valence-electron chi connectivity index (χ4n) is 3.14. The zero-order chi connectivity index (χ0) is 18.5. The highest BCUT2D eigenvalue weighted by Gasteiger charge is 2.24. The van der Waals surface area contributed by atoms with Gasteiger partial charge in [-0.05, 0) is 36.8 Å². The Hall–Kier alpha value is -1.95. The average Bonchev–Trinajstić information content (AvgIpc) is 2.68. The maximum atomic E-state index is 12.4. The molecule has 0 saturated carbocycles. The fraction of sp³-hybridized carbons (Fsp3) is 0.300. The van der Waals surface area contributed by atoms with Gasteiger partial charge in [0.25, 0.3) is 5.91 Å². The topological polar surface area (TPSA) is 35.6 Å². The quantitative estimate of drug-likeness (QED) is 0.814. The summed E-state index contributed by atoms with van der Waals surface area (Å²) in [6, 6.07) is 17.8. The number of halogens is 1. The van der Waals surface area contributed by atoms with Gasteiger partial charge in [-0.15, -0.1) is 0 Å². The van der Waals surface area contributed by atoms with Crippen LogP contribution < -0.4 is 5.32 Å². The van der Waals surface area contributed by atoms with Gasteiger partial charge in [0.2, 0.25) is 0 Å². The summed E-state index contributed by atoms with van der Waals surface area (Å²) in [6.07, 6.45) is 0. The van der Waals surface area contributed by atoms with E-state index in [2.05, 4.69) is 41.4 Å². The van der Waals surface area contributed by atoms with Crippen LogP contribution in [0.5, 0.6) is 0 Å².